The summed E-state index contributed by atoms with van der Waals surface area (Å²) in [6.07, 6.45) is -4.49. The van der Waals surface area contributed by atoms with E-state index in [9.17, 15) is 13.2 Å². The van der Waals surface area contributed by atoms with E-state index < -0.39 is 11.7 Å². The van der Waals surface area contributed by atoms with Crippen molar-refractivity contribution in [3.05, 3.63) is 169 Å². The van der Waals surface area contributed by atoms with Gasteiger partial charge in [0.1, 0.15) is 0 Å². The van der Waals surface area contributed by atoms with Gasteiger partial charge in [-0.1, -0.05) is 0 Å². The third-order valence-electron chi connectivity index (χ3n) is 10.3. The van der Waals surface area contributed by atoms with Crippen molar-refractivity contribution in [2.24, 2.45) is 0 Å². The van der Waals surface area contributed by atoms with Crippen LogP contribution in [0.3, 0.4) is 0 Å². The average Bonchev–Trinajstić information content (AvgIpc) is 3.54. The standard InChI is InChI=1S/C47H27F3Se/c48-47(49,50)45-36-21-10-8-19-34(36)44(35-20-9-11-22-37(35)45)39-24-12-23-38-40-27-29(25-26-41(40)51-46(38)39)43-32-17-6-4-15-30(32)42(28-13-2-1-3-14-28)31-16-5-7-18-33(31)43/h1-27H. The van der Waals surface area contributed by atoms with Gasteiger partial charge in [-0.15, -0.1) is 0 Å². The zero-order valence-corrected chi connectivity index (χ0v) is 28.8. The van der Waals surface area contributed by atoms with Gasteiger partial charge in [0, 0.05) is 0 Å². The Hall–Kier alpha value is -5.67. The number of hydrogen-bond acceptors (Lipinski definition) is 0. The van der Waals surface area contributed by atoms with E-state index >= 15 is 0 Å². The predicted octanol–water partition coefficient (Wildman–Crippen LogP) is 13.7. The SMILES string of the molecule is FC(F)(F)c1c2ccccc2c(-c2cccc3c2[se]c2ccc(-c4c5ccccc5c(-c5ccccc5)c5ccccc45)cc23)c2ccccc12. The number of halogens is 3. The molecular formula is C47H27F3Se. The molecule has 0 aliphatic heterocycles. The van der Waals surface area contributed by atoms with Gasteiger partial charge in [0.2, 0.25) is 0 Å². The normalized spacial score (nSPS) is 12.2. The first kappa shape index (κ1) is 30.2. The Bertz CT molecular complexity index is 2890. The van der Waals surface area contributed by atoms with Gasteiger partial charge in [-0.25, -0.2) is 0 Å². The number of fused-ring (bicyclic) bond motifs is 7. The summed E-state index contributed by atoms with van der Waals surface area (Å²) in [4.78, 5) is 0. The maximum absolute atomic E-state index is 14.7. The van der Waals surface area contributed by atoms with Gasteiger partial charge < -0.3 is 0 Å². The average molecular weight is 728 g/mol. The van der Waals surface area contributed by atoms with Crippen LogP contribution in [0.2, 0.25) is 0 Å². The zero-order valence-electron chi connectivity index (χ0n) is 27.1. The maximum atomic E-state index is 14.7. The van der Waals surface area contributed by atoms with E-state index in [0.29, 0.717) is 10.8 Å². The molecule has 10 rings (SSSR count). The third-order valence-corrected chi connectivity index (χ3v) is 12.8. The van der Waals surface area contributed by atoms with Crippen LogP contribution in [0.25, 0.3) is 95.8 Å². The van der Waals surface area contributed by atoms with E-state index in [1.54, 1.807) is 24.3 Å². The molecule has 0 aliphatic rings. The summed E-state index contributed by atoms with van der Waals surface area (Å²) in [5, 5.41) is 8.92. The van der Waals surface area contributed by atoms with Gasteiger partial charge in [0.25, 0.3) is 0 Å². The Kier molecular flexibility index (Phi) is 6.76. The van der Waals surface area contributed by atoms with Crippen LogP contribution in [0.15, 0.2) is 164 Å². The van der Waals surface area contributed by atoms with E-state index in [1.165, 1.54) is 52.1 Å². The van der Waals surface area contributed by atoms with E-state index in [1.807, 2.05) is 24.3 Å². The first-order valence-electron chi connectivity index (χ1n) is 16.9. The molecule has 242 valence electrons. The van der Waals surface area contributed by atoms with Crippen molar-refractivity contribution in [2.75, 3.05) is 0 Å². The summed E-state index contributed by atoms with van der Waals surface area (Å²) in [5.41, 5.74) is 6.10. The summed E-state index contributed by atoms with van der Waals surface area (Å²) in [7, 11) is 0. The monoisotopic (exact) mass is 728 g/mol. The Morgan fingerprint density at radius 2 is 0.804 bits per heavy atom. The van der Waals surface area contributed by atoms with Crippen LogP contribution in [-0.4, -0.2) is 14.5 Å². The molecule has 0 aliphatic carbocycles. The molecule has 0 unspecified atom stereocenters. The van der Waals surface area contributed by atoms with Crippen LogP contribution in [0.4, 0.5) is 13.2 Å². The molecule has 4 heteroatoms. The van der Waals surface area contributed by atoms with Crippen molar-refractivity contribution in [2.45, 2.75) is 6.18 Å². The van der Waals surface area contributed by atoms with Crippen LogP contribution >= 0.6 is 0 Å². The number of hydrogen-bond donors (Lipinski definition) is 0. The molecule has 0 saturated carbocycles. The fraction of sp³-hybridized carbons (Fsp3) is 0.0213. The van der Waals surface area contributed by atoms with Crippen molar-refractivity contribution >= 4 is 76.9 Å². The molecule has 0 atom stereocenters. The second-order valence-electron chi connectivity index (χ2n) is 13.0. The Balaban J connectivity index is 1.26. The third kappa shape index (κ3) is 4.61. The van der Waals surface area contributed by atoms with Crippen LogP contribution in [0.1, 0.15) is 5.56 Å². The molecule has 0 spiro atoms. The molecule has 1 aromatic heterocycles. The minimum absolute atomic E-state index is 0.0357. The first-order valence-corrected chi connectivity index (χ1v) is 18.6. The number of benzene rings is 9. The summed E-state index contributed by atoms with van der Waals surface area (Å²) in [5.74, 6) is 0. The Morgan fingerprint density at radius 1 is 0.353 bits per heavy atom. The minimum atomic E-state index is -4.49. The van der Waals surface area contributed by atoms with Crippen LogP contribution < -0.4 is 0 Å². The van der Waals surface area contributed by atoms with Crippen molar-refractivity contribution in [1.82, 2.24) is 0 Å². The number of alkyl halides is 3. The molecule has 0 radical (unpaired) electrons. The molecular weight excluding hydrogens is 700 g/mol. The van der Waals surface area contributed by atoms with Crippen molar-refractivity contribution < 1.29 is 13.2 Å². The Labute approximate surface area is 297 Å². The molecule has 0 amide bonds. The van der Waals surface area contributed by atoms with Crippen molar-refractivity contribution in [1.29, 1.82) is 0 Å². The van der Waals surface area contributed by atoms with Gasteiger partial charge in [-0.2, -0.15) is 0 Å². The molecule has 10 aromatic rings. The number of rotatable bonds is 3. The molecule has 0 nitrogen and oxygen atoms in total. The Morgan fingerprint density at radius 3 is 1.33 bits per heavy atom. The molecule has 0 N–H and O–H groups in total. The van der Waals surface area contributed by atoms with E-state index in [-0.39, 0.29) is 25.3 Å². The quantitative estimate of drug-likeness (QED) is 0.126. The summed E-state index contributed by atoms with van der Waals surface area (Å²) in [6.45, 7) is 0. The van der Waals surface area contributed by atoms with Gasteiger partial charge in [0.15, 0.2) is 0 Å². The van der Waals surface area contributed by atoms with Gasteiger partial charge >= 0.3 is 299 Å². The summed E-state index contributed by atoms with van der Waals surface area (Å²) < 4.78 is 46.5. The molecule has 9 aromatic carbocycles. The summed E-state index contributed by atoms with van der Waals surface area (Å²) in [6, 6.07) is 55.2. The van der Waals surface area contributed by atoms with E-state index in [2.05, 4.69) is 115 Å². The van der Waals surface area contributed by atoms with Gasteiger partial charge in [-0.05, 0) is 0 Å². The first-order chi connectivity index (χ1) is 25.0. The van der Waals surface area contributed by atoms with E-state index in [4.69, 9.17) is 0 Å². The topological polar surface area (TPSA) is 0 Å². The second kappa shape index (κ2) is 11.4. The van der Waals surface area contributed by atoms with Gasteiger partial charge in [-0.3, -0.25) is 0 Å². The van der Waals surface area contributed by atoms with Gasteiger partial charge in [0.05, 0.1) is 0 Å². The molecule has 0 fully saturated rings. The molecule has 0 saturated heterocycles. The molecule has 51 heavy (non-hydrogen) atoms. The van der Waals surface area contributed by atoms with Crippen molar-refractivity contribution in [3.63, 3.8) is 0 Å². The van der Waals surface area contributed by atoms with Crippen LogP contribution in [0.5, 0.6) is 0 Å². The fourth-order valence-corrected chi connectivity index (χ4v) is 10.8. The summed E-state index contributed by atoms with van der Waals surface area (Å²) >= 11 is -0.0357. The van der Waals surface area contributed by atoms with Crippen molar-refractivity contribution in [3.8, 4) is 33.4 Å². The molecule has 0 bridgehead atoms. The fourth-order valence-electron chi connectivity index (χ4n) is 8.23. The van der Waals surface area contributed by atoms with Crippen LogP contribution in [0, 0.1) is 0 Å². The predicted molar refractivity (Wildman–Crippen MR) is 210 cm³/mol. The zero-order chi connectivity index (χ0) is 34.3. The second-order valence-corrected chi connectivity index (χ2v) is 15.2. The van der Waals surface area contributed by atoms with Crippen LogP contribution in [-0.2, 0) is 6.18 Å². The van der Waals surface area contributed by atoms with E-state index in [0.717, 1.165) is 22.1 Å². The molecule has 1 heterocycles.